The summed E-state index contributed by atoms with van der Waals surface area (Å²) in [5.74, 6) is 1.34. The van der Waals surface area contributed by atoms with E-state index in [4.69, 9.17) is 37.3 Å². The molecule has 3 aromatic rings. The molecular weight excluding hydrogens is 482 g/mol. The fourth-order valence-electron chi connectivity index (χ4n) is 5.77. The number of pyridine rings is 1. The Bertz CT molecular complexity index is 1250. The zero-order valence-corrected chi connectivity index (χ0v) is 21.2. The summed E-state index contributed by atoms with van der Waals surface area (Å²) in [6.07, 6.45) is 14.5. The first kappa shape index (κ1) is 24.9. The van der Waals surface area contributed by atoms with Crippen LogP contribution in [0, 0.1) is 5.92 Å². The first-order valence-corrected chi connectivity index (χ1v) is 13.0. The van der Waals surface area contributed by atoms with E-state index in [0.29, 0.717) is 27.8 Å². The lowest BCUT2D eigenvalue weighted by atomic mass is 9.83. The number of hydrogen-bond donors (Lipinski definition) is 2. The zero-order valence-electron chi connectivity index (χ0n) is 20.5. The van der Waals surface area contributed by atoms with E-state index in [2.05, 4.69) is 24.7 Å². The molecule has 0 atom stereocenters. The zero-order chi connectivity index (χ0) is 25.1. The quantitative estimate of drug-likeness (QED) is 0.194. The Hall–Kier alpha value is -2.82. The van der Waals surface area contributed by atoms with E-state index in [1.54, 1.807) is 25.6 Å². The van der Waals surface area contributed by atoms with E-state index < -0.39 is 5.60 Å². The Morgan fingerprint density at radius 3 is 2.58 bits per heavy atom. The Labute approximate surface area is 214 Å². The topological polar surface area (TPSA) is 134 Å². The first-order chi connectivity index (χ1) is 17.5. The molecule has 0 amide bonds. The number of fused-ring (bicyclic) bond motifs is 1. The molecule has 10 nitrogen and oxygen atoms in total. The maximum absolute atomic E-state index is 8.81. The molecule has 11 heteroatoms. The van der Waals surface area contributed by atoms with Crippen LogP contribution in [0.2, 0.25) is 5.02 Å². The molecule has 2 fully saturated rings. The SMILES string of the molecule is COC1(c2nc3nc(C(N)=NOO)nc(-c4cncc(Cl)c4)c3n2CC2CCCCC2)CCCCC1. The number of rotatable bonds is 7. The van der Waals surface area contributed by atoms with Crippen LogP contribution >= 0.6 is 11.6 Å². The number of aromatic nitrogens is 5. The number of ether oxygens (including phenoxy) is 1. The second kappa shape index (κ2) is 10.7. The highest BCUT2D eigenvalue weighted by molar-refractivity contribution is 6.30. The van der Waals surface area contributed by atoms with Crippen molar-refractivity contribution in [2.75, 3.05) is 7.11 Å². The first-order valence-electron chi connectivity index (χ1n) is 12.6. The van der Waals surface area contributed by atoms with E-state index in [1.807, 2.05) is 0 Å². The minimum Gasteiger partial charge on any atom is -0.378 e. The molecule has 3 aromatic heterocycles. The van der Waals surface area contributed by atoms with Crippen molar-refractivity contribution < 1.29 is 15.0 Å². The molecule has 0 spiro atoms. The van der Waals surface area contributed by atoms with Gasteiger partial charge in [0.2, 0.25) is 11.7 Å². The summed E-state index contributed by atoms with van der Waals surface area (Å²) in [6, 6.07) is 1.81. The van der Waals surface area contributed by atoms with E-state index in [1.165, 1.54) is 38.5 Å². The van der Waals surface area contributed by atoms with Gasteiger partial charge >= 0.3 is 0 Å². The Morgan fingerprint density at radius 2 is 1.89 bits per heavy atom. The van der Waals surface area contributed by atoms with Crippen molar-refractivity contribution in [2.24, 2.45) is 16.8 Å². The van der Waals surface area contributed by atoms with Gasteiger partial charge in [-0.1, -0.05) is 50.1 Å². The Morgan fingerprint density at radius 1 is 1.14 bits per heavy atom. The summed E-state index contributed by atoms with van der Waals surface area (Å²) in [7, 11) is 1.78. The maximum Gasteiger partial charge on any atom is 0.212 e. The minimum absolute atomic E-state index is 0.0931. The third-order valence-corrected chi connectivity index (χ3v) is 7.78. The number of nitrogens with zero attached hydrogens (tertiary/aromatic N) is 6. The van der Waals surface area contributed by atoms with Crippen LogP contribution in [-0.2, 0) is 21.9 Å². The molecule has 2 saturated carbocycles. The van der Waals surface area contributed by atoms with Crippen LogP contribution in [0.25, 0.3) is 22.4 Å². The lowest BCUT2D eigenvalue weighted by Crippen LogP contribution is -2.35. The predicted molar refractivity (Wildman–Crippen MR) is 136 cm³/mol. The normalized spacial score (nSPS) is 19.0. The minimum atomic E-state index is -0.495. The molecule has 0 aromatic carbocycles. The maximum atomic E-state index is 8.81. The molecule has 3 heterocycles. The summed E-state index contributed by atoms with van der Waals surface area (Å²) >= 11 is 6.32. The molecule has 36 heavy (non-hydrogen) atoms. The molecular formula is C25H32ClN7O3. The van der Waals surface area contributed by atoms with E-state index in [9.17, 15) is 0 Å². The molecule has 2 aliphatic rings. The van der Waals surface area contributed by atoms with Gasteiger partial charge in [-0.25, -0.2) is 19.9 Å². The molecule has 3 N–H and O–H groups in total. The third-order valence-electron chi connectivity index (χ3n) is 7.57. The molecule has 0 radical (unpaired) electrons. The highest BCUT2D eigenvalue weighted by atomic mass is 35.5. The summed E-state index contributed by atoms with van der Waals surface area (Å²) in [4.78, 5) is 22.6. The monoisotopic (exact) mass is 513 g/mol. The highest BCUT2D eigenvalue weighted by Gasteiger charge is 2.40. The van der Waals surface area contributed by atoms with Crippen molar-refractivity contribution >= 4 is 28.6 Å². The van der Waals surface area contributed by atoms with Crippen LogP contribution in [0.1, 0.15) is 75.9 Å². The average molecular weight is 514 g/mol. The average Bonchev–Trinajstić information content (AvgIpc) is 3.28. The molecule has 0 unspecified atom stereocenters. The van der Waals surface area contributed by atoms with Crippen LogP contribution in [0.15, 0.2) is 23.6 Å². The highest BCUT2D eigenvalue weighted by Crippen LogP contribution is 2.42. The predicted octanol–water partition coefficient (Wildman–Crippen LogP) is 5.04. The number of oxime groups is 1. The van der Waals surface area contributed by atoms with Crippen LogP contribution in [0.4, 0.5) is 0 Å². The fourth-order valence-corrected chi connectivity index (χ4v) is 5.95. The number of nitrogens with two attached hydrogens (primary N) is 1. The van der Waals surface area contributed by atoms with Gasteiger partial charge in [-0.3, -0.25) is 4.98 Å². The summed E-state index contributed by atoms with van der Waals surface area (Å²) < 4.78 is 8.51. The fraction of sp³-hybridized carbons (Fsp3) is 0.560. The number of hydrogen-bond acceptors (Lipinski definition) is 8. The molecule has 192 valence electrons. The number of methoxy groups -OCH3 is 1. The second-order valence-corrected chi connectivity index (χ2v) is 10.3. The van der Waals surface area contributed by atoms with Gasteiger partial charge < -0.3 is 15.0 Å². The lowest BCUT2D eigenvalue weighted by Gasteiger charge is -2.36. The number of halogens is 1. The van der Waals surface area contributed by atoms with Gasteiger partial charge in [0.25, 0.3) is 0 Å². The van der Waals surface area contributed by atoms with Crippen molar-refractivity contribution in [3.05, 3.63) is 35.1 Å². The van der Waals surface area contributed by atoms with Crippen molar-refractivity contribution in [3.8, 4) is 11.3 Å². The van der Waals surface area contributed by atoms with Gasteiger partial charge in [-0.15, -0.1) is 0 Å². The number of imidazole rings is 1. The number of amidine groups is 1. The third kappa shape index (κ3) is 4.77. The van der Waals surface area contributed by atoms with Crippen molar-refractivity contribution in [2.45, 2.75) is 76.4 Å². The van der Waals surface area contributed by atoms with E-state index >= 15 is 0 Å². The summed E-state index contributed by atoms with van der Waals surface area (Å²) in [6.45, 7) is 0.809. The van der Waals surface area contributed by atoms with Gasteiger partial charge in [0.05, 0.1) is 5.02 Å². The summed E-state index contributed by atoms with van der Waals surface area (Å²) in [5.41, 5.74) is 8.09. The van der Waals surface area contributed by atoms with Gasteiger partial charge in [-0.2, -0.15) is 5.26 Å². The largest absolute Gasteiger partial charge is 0.378 e. The Balaban J connectivity index is 1.78. The summed E-state index contributed by atoms with van der Waals surface area (Å²) in [5, 5.41) is 12.7. The van der Waals surface area contributed by atoms with Crippen molar-refractivity contribution in [1.82, 2.24) is 24.5 Å². The van der Waals surface area contributed by atoms with E-state index in [-0.39, 0.29) is 11.7 Å². The second-order valence-electron chi connectivity index (χ2n) is 9.83. The Kier molecular flexibility index (Phi) is 7.36. The van der Waals surface area contributed by atoms with Crippen molar-refractivity contribution in [3.63, 3.8) is 0 Å². The smallest absolute Gasteiger partial charge is 0.212 e. The molecule has 0 aliphatic heterocycles. The van der Waals surface area contributed by atoms with Crippen LogP contribution in [0.3, 0.4) is 0 Å². The van der Waals surface area contributed by atoms with Gasteiger partial charge in [0.15, 0.2) is 5.65 Å². The lowest BCUT2D eigenvalue weighted by molar-refractivity contribution is -0.243. The molecule has 5 rings (SSSR count). The van der Waals surface area contributed by atoms with Crippen molar-refractivity contribution in [1.29, 1.82) is 0 Å². The van der Waals surface area contributed by atoms with E-state index in [0.717, 1.165) is 43.6 Å². The molecule has 2 aliphatic carbocycles. The molecule has 0 bridgehead atoms. The standard InChI is InChI=1S/C25H32ClN7O3/c1-35-25(10-6-3-7-11-25)24-31-22-20(33(24)15-16-8-4-2-5-9-16)19(17-12-18(26)14-28-13-17)29-23(30-22)21(27)32-36-34/h12-14,16,34H,2-11,15H2,1H3,(H2,27,32). The van der Waals surface area contributed by atoms with Gasteiger partial charge in [0, 0.05) is 31.6 Å². The van der Waals surface area contributed by atoms with Gasteiger partial charge in [0.1, 0.15) is 22.6 Å². The van der Waals surface area contributed by atoms with Crippen LogP contribution < -0.4 is 5.73 Å². The van der Waals surface area contributed by atoms with Crippen LogP contribution in [-0.4, -0.2) is 42.7 Å². The van der Waals surface area contributed by atoms with Gasteiger partial charge in [-0.05, 0) is 42.8 Å². The van der Waals surface area contributed by atoms with Crippen LogP contribution in [0.5, 0.6) is 0 Å². The molecule has 0 saturated heterocycles.